The van der Waals surface area contributed by atoms with Gasteiger partial charge in [-0.3, -0.25) is 4.79 Å². The van der Waals surface area contributed by atoms with E-state index in [1.807, 2.05) is 18.2 Å². The zero-order valence-corrected chi connectivity index (χ0v) is 14.2. The quantitative estimate of drug-likeness (QED) is 0.790. The van der Waals surface area contributed by atoms with Crippen molar-refractivity contribution in [2.24, 2.45) is 0 Å². The van der Waals surface area contributed by atoms with Gasteiger partial charge in [0.05, 0.1) is 4.90 Å². The Morgan fingerprint density at radius 2 is 1.79 bits per heavy atom. The molecule has 2 aromatic rings. The number of ketones is 1. The Labute approximate surface area is 141 Å². The maximum atomic E-state index is 12.8. The highest BCUT2D eigenvalue weighted by Gasteiger charge is 2.29. The summed E-state index contributed by atoms with van der Waals surface area (Å²) in [5.41, 5.74) is 0.406. The number of sulfonamides is 1. The molecule has 0 N–H and O–H groups in total. The first-order valence-corrected chi connectivity index (χ1v) is 9.19. The van der Waals surface area contributed by atoms with Crippen molar-refractivity contribution < 1.29 is 13.2 Å². The lowest BCUT2D eigenvalue weighted by molar-refractivity contribution is 0.101. The maximum Gasteiger partial charge on any atom is 0.243 e. The van der Waals surface area contributed by atoms with Crippen LogP contribution in [0.5, 0.6) is 0 Å². The summed E-state index contributed by atoms with van der Waals surface area (Å²) in [5.74, 6) is 0.708. The standard InChI is InChI=1S/C17H19N3O3S/c1-14(21)15-5-4-6-16(13-15)24(22,23)20-11-9-19(10-12-20)17-7-2-3-8-18-17/h2-8,13H,9-12H2,1H3. The number of aromatic nitrogens is 1. The summed E-state index contributed by atoms with van der Waals surface area (Å²) in [5, 5.41) is 0. The van der Waals surface area contributed by atoms with Crippen LogP contribution in [0.15, 0.2) is 53.6 Å². The second-order valence-electron chi connectivity index (χ2n) is 5.66. The minimum Gasteiger partial charge on any atom is -0.354 e. The van der Waals surface area contributed by atoms with Gasteiger partial charge in [0, 0.05) is 37.9 Å². The van der Waals surface area contributed by atoms with E-state index in [2.05, 4.69) is 9.88 Å². The van der Waals surface area contributed by atoms with E-state index in [1.165, 1.54) is 23.4 Å². The fraction of sp³-hybridized carbons (Fsp3) is 0.294. The number of carbonyl (C=O) groups is 1. The number of pyridine rings is 1. The van der Waals surface area contributed by atoms with E-state index in [1.54, 1.807) is 18.3 Å². The van der Waals surface area contributed by atoms with Crippen molar-refractivity contribution in [3.63, 3.8) is 0 Å². The van der Waals surface area contributed by atoms with Crippen molar-refractivity contribution in [2.75, 3.05) is 31.1 Å². The van der Waals surface area contributed by atoms with E-state index in [9.17, 15) is 13.2 Å². The fourth-order valence-electron chi connectivity index (χ4n) is 2.72. The van der Waals surface area contributed by atoms with Crippen LogP contribution in [0.4, 0.5) is 5.82 Å². The molecule has 0 unspecified atom stereocenters. The fourth-order valence-corrected chi connectivity index (χ4v) is 4.19. The molecule has 1 saturated heterocycles. The van der Waals surface area contributed by atoms with Crippen LogP contribution in [0.25, 0.3) is 0 Å². The van der Waals surface area contributed by atoms with Gasteiger partial charge in [0.25, 0.3) is 0 Å². The number of carbonyl (C=O) groups excluding carboxylic acids is 1. The van der Waals surface area contributed by atoms with Crippen molar-refractivity contribution in [3.05, 3.63) is 54.2 Å². The van der Waals surface area contributed by atoms with Gasteiger partial charge in [-0.25, -0.2) is 13.4 Å². The molecule has 1 aromatic carbocycles. The van der Waals surface area contributed by atoms with E-state index in [-0.39, 0.29) is 10.7 Å². The van der Waals surface area contributed by atoms with Gasteiger partial charge in [-0.15, -0.1) is 0 Å². The van der Waals surface area contributed by atoms with Gasteiger partial charge in [0.15, 0.2) is 5.78 Å². The molecule has 0 bridgehead atoms. The lowest BCUT2D eigenvalue weighted by Gasteiger charge is -2.34. The second kappa shape index (κ2) is 6.70. The Morgan fingerprint density at radius 3 is 2.42 bits per heavy atom. The molecule has 0 aliphatic carbocycles. The highest BCUT2D eigenvalue weighted by molar-refractivity contribution is 7.89. The third-order valence-electron chi connectivity index (χ3n) is 4.09. The van der Waals surface area contributed by atoms with Crippen LogP contribution in [0, 0.1) is 0 Å². The van der Waals surface area contributed by atoms with Gasteiger partial charge in [0.2, 0.25) is 10.0 Å². The molecular weight excluding hydrogens is 326 g/mol. The second-order valence-corrected chi connectivity index (χ2v) is 7.60. The average Bonchev–Trinajstić information content (AvgIpc) is 2.62. The molecule has 6 nitrogen and oxygen atoms in total. The van der Waals surface area contributed by atoms with E-state index in [0.29, 0.717) is 31.7 Å². The molecule has 1 aromatic heterocycles. The topological polar surface area (TPSA) is 70.6 Å². The van der Waals surface area contributed by atoms with E-state index in [4.69, 9.17) is 0 Å². The summed E-state index contributed by atoms with van der Waals surface area (Å²) in [7, 11) is -3.59. The van der Waals surface area contributed by atoms with Gasteiger partial charge in [-0.2, -0.15) is 4.31 Å². The monoisotopic (exact) mass is 345 g/mol. The summed E-state index contributed by atoms with van der Waals surface area (Å²) in [6, 6.07) is 11.9. The molecule has 3 rings (SSSR count). The summed E-state index contributed by atoms with van der Waals surface area (Å²) in [4.78, 5) is 18.0. The minimum absolute atomic E-state index is 0.146. The van der Waals surface area contributed by atoms with Gasteiger partial charge in [-0.1, -0.05) is 18.2 Å². The largest absolute Gasteiger partial charge is 0.354 e. The number of piperazine rings is 1. The Balaban J connectivity index is 1.75. The van der Waals surface area contributed by atoms with Crippen LogP contribution >= 0.6 is 0 Å². The number of Topliss-reactive ketones (excluding diaryl/α,β-unsaturated/α-hetero) is 1. The highest BCUT2D eigenvalue weighted by atomic mass is 32.2. The summed E-state index contributed by atoms with van der Waals surface area (Å²) >= 11 is 0. The van der Waals surface area contributed by atoms with Crippen molar-refractivity contribution in [1.82, 2.24) is 9.29 Å². The zero-order valence-electron chi connectivity index (χ0n) is 13.4. The normalized spacial score (nSPS) is 16.1. The number of hydrogen-bond acceptors (Lipinski definition) is 5. The Kier molecular flexibility index (Phi) is 4.64. The van der Waals surface area contributed by atoms with Gasteiger partial charge in [0.1, 0.15) is 5.82 Å². The average molecular weight is 345 g/mol. The summed E-state index contributed by atoms with van der Waals surface area (Å²) in [6.07, 6.45) is 1.73. The van der Waals surface area contributed by atoms with Crippen molar-refractivity contribution in [3.8, 4) is 0 Å². The molecular formula is C17H19N3O3S. The first-order valence-electron chi connectivity index (χ1n) is 7.75. The Hall–Kier alpha value is -2.25. The molecule has 0 atom stereocenters. The molecule has 7 heteroatoms. The van der Waals surface area contributed by atoms with E-state index in [0.717, 1.165) is 5.82 Å². The number of anilines is 1. The third kappa shape index (κ3) is 3.32. The van der Waals surface area contributed by atoms with Crippen LogP contribution in [-0.2, 0) is 10.0 Å². The molecule has 2 heterocycles. The molecule has 126 valence electrons. The maximum absolute atomic E-state index is 12.8. The van der Waals surface area contributed by atoms with Gasteiger partial charge in [-0.05, 0) is 31.2 Å². The number of rotatable bonds is 4. The van der Waals surface area contributed by atoms with Crippen LogP contribution in [0.2, 0.25) is 0 Å². The highest BCUT2D eigenvalue weighted by Crippen LogP contribution is 2.20. The van der Waals surface area contributed by atoms with Crippen LogP contribution < -0.4 is 4.90 Å². The molecule has 0 radical (unpaired) electrons. The SMILES string of the molecule is CC(=O)c1cccc(S(=O)(=O)N2CCN(c3ccccn3)CC2)c1. The lowest BCUT2D eigenvalue weighted by atomic mass is 10.2. The van der Waals surface area contributed by atoms with E-state index < -0.39 is 10.0 Å². The van der Waals surface area contributed by atoms with E-state index >= 15 is 0 Å². The van der Waals surface area contributed by atoms with Crippen molar-refractivity contribution >= 4 is 21.6 Å². The first-order chi connectivity index (χ1) is 11.5. The van der Waals surface area contributed by atoms with Crippen molar-refractivity contribution in [2.45, 2.75) is 11.8 Å². The zero-order chi connectivity index (χ0) is 17.2. The van der Waals surface area contributed by atoms with Gasteiger partial charge < -0.3 is 4.90 Å². The molecule has 1 fully saturated rings. The predicted octanol–water partition coefficient (Wildman–Crippen LogP) is 1.80. The Bertz CT molecular complexity index is 829. The van der Waals surface area contributed by atoms with Crippen LogP contribution in [0.3, 0.4) is 0 Å². The molecule has 1 aliphatic rings. The lowest BCUT2D eigenvalue weighted by Crippen LogP contribution is -2.48. The Morgan fingerprint density at radius 1 is 1.04 bits per heavy atom. The van der Waals surface area contributed by atoms with Gasteiger partial charge >= 0.3 is 0 Å². The molecule has 0 amide bonds. The van der Waals surface area contributed by atoms with Crippen molar-refractivity contribution in [1.29, 1.82) is 0 Å². The molecule has 24 heavy (non-hydrogen) atoms. The number of benzene rings is 1. The summed E-state index contributed by atoms with van der Waals surface area (Å²) < 4.78 is 27.0. The molecule has 0 spiro atoms. The third-order valence-corrected chi connectivity index (χ3v) is 5.98. The smallest absolute Gasteiger partial charge is 0.243 e. The number of nitrogens with zero attached hydrogens (tertiary/aromatic N) is 3. The molecule has 0 saturated carbocycles. The minimum atomic E-state index is -3.59. The van der Waals surface area contributed by atoms with Crippen LogP contribution in [-0.4, -0.2) is 49.7 Å². The summed E-state index contributed by atoms with van der Waals surface area (Å²) in [6.45, 7) is 3.38. The van der Waals surface area contributed by atoms with Crippen LogP contribution in [0.1, 0.15) is 17.3 Å². The predicted molar refractivity (Wildman–Crippen MR) is 91.7 cm³/mol. The number of hydrogen-bond donors (Lipinski definition) is 0. The molecule has 1 aliphatic heterocycles. The first kappa shape index (κ1) is 16.6.